The molecular weight excluding hydrogens is 483 g/mol. The zero-order valence-electron chi connectivity index (χ0n) is 19.5. The molecule has 0 bridgehead atoms. The Labute approximate surface area is 205 Å². The molecule has 0 aromatic carbocycles. The van der Waals surface area contributed by atoms with Crippen molar-refractivity contribution in [3.8, 4) is 0 Å². The van der Waals surface area contributed by atoms with E-state index in [1.165, 1.54) is 6.20 Å². The number of ether oxygens (including phenoxy) is 1. The maximum absolute atomic E-state index is 13.6. The number of halogens is 3. The van der Waals surface area contributed by atoms with E-state index >= 15 is 0 Å². The van der Waals surface area contributed by atoms with Crippen LogP contribution in [0.2, 0.25) is 0 Å². The highest BCUT2D eigenvalue weighted by molar-refractivity contribution is 7.17. The summed E-state index contributed by atoms with van der Waals surface area (Å²) in [5.41, 5.74) is -0.568. The van der Waals surface area contributed by atoms with Crippen molar-refractivity contribution in [2.75, 3.05) is 55.7 Å². The molecule has 2 aliphatic heterocycles. The van der Waals surface area contributed by atoms with Crippen LogP contribution in [0.1, 0.15) is 47.1 Å². The van der Waals surface area contributed by atoms with Crippen LogP contribution in [-0.4, -0.2) is 72.6 Å². The van der Waals surface area contributed by atoms with E-state index in [4.69, 9.17) is 4.74 Å². The monoisotopic (exact) mass is 511 g/mol. The largest absolute Gasteiger partial charge is 0.450 e. The number of amides is 1. The Bertz CT molecular complexity index is 1030. The third-order valence-corrected chi connectivity index (χ3v) is 7.22. The van der Waals surface area contributed by atoms with Crippen molar-refractivity contribution in [2.45, 2.75) is 38.8 Å². The SMILES string of the molecule is CCOC(=O)N1CCN(c2ccc(CC(=O)c3sc(N4CCCCC4)nc3C(F)(F)F)cn2)CC1. The number of Topliss-reactive ketones (excluding diaryl/α,β-unsaturated/α-hetero) is 1. The van der Waals surface area contributed by atoms with E-state index in [0.29, 0.717) is 57.3 Å². The van der Waals surface area contributed by atoms with E-state index in [2.05, 4.69) is 9.97 Å². The molecule has 2 aliphatic rings. The van der Waals surface area contributed by atoms with E-state index in [-0.39, 0.29) is 22.5 Å². The van der Waals surface area contributed by atoms with Crippen molar-refractivity contribution in [2.24, 2.45) is 0 Å². The van der Waals surface area contributed by atoms with Gasteiger partial charge in [-0.1, -0.05) is 17.4 Å². The molecule has 2 fully saturated rings. The number of carbonyl (C=O) groups excluding carboxylic acids is 2. The molecular formula is C23H28F3N5O3S. The van der Waals surface area contributed by atoms with E-state index in [1.54, 1.807) is 24.0 Å². The van der Waals surface area contributed by atoms with Gasteiger partial charge in [0.2, 0.25) is 0 Å². The number of carbonyl (C=O) groups is 2. The van der Waals surface area contributed by atoms with Gasteiger partial charge in [0.1, 0.15) is 10.7 Å². The standard InChI is InChI=1S/C23H28F3N5O3S/c1-2-34-22(33)31-12-10-29(11-13-31)18-7-6-16(15-27-18)14-17(32)19-20(23(24,25)26)28-21(35-19)30-8-4-3-5-9-30/h6-7,15H,2-5,8-14H2,1H3. The molecule has 12 heteroatoms. The van der Waals surface area contributed by atoms with Crippen LogP contribution in [0.5, 0.6) is 0 Å². The van der Waals surface area contributed by atoms with Crippen LogP contribution in [0.4, 0.5) is 28.9 Å². The molecule has 0 radical (unpaired) electrons. The van der Waals surface area contributed by atoms with E-state index in [0.717, 1.165) is 30.6 Å². The summed E-state index contributed by atoms with van der Waals surface area (Å²) >= 11 is 0.826. The van der Waals surface area contributed by atoms with Gasteiger partial charge in [-0.15, -0.1) is 0 Å². The first-order valence-corrected chi connectivity index (χ1v) is 12.6. The average molecular weight is 512 g/mol. The van der Waals surface area contributed by atoms with Crippen molar-refractivity contribution < 1.29 is 27.5 Å². The maximum atomic E-state index is 13.6. The van der Waals surface area contributed by atoms with Crippen LogP contribution in [0, 0.1) is 0 Å². The first-order chi connectivity index (χ1) is 16.8. The number of alkyl halides is 3. The summed E-state index contributed by atoms with van der Waals surface area (Å²) in [4.78, 5) is 38.1. The van der Waals surface area contributed by atoms with Crippen molar-refractivity contribution in [1.82, 2.24) is 14.9 Å². The Morgan fingerprint density at radius 3 is 2.34 bits per heavy atom. The molecule has 35 heavy (non-hydrogen) atoms. The summed E-state index contributed by atoms with van der Waals surface area (Å²) in [6.07, 6.45) is -0.842. The number of ketones is 1. The summed E-state index contributed by atoms with van der Waals surface area (Å²) < 4.78 is 45.9. The number of anilines is 2. The third-order valence-electron chi connectivity index (χ3n) is 6.07. The lowest BCUT2D eigenvalue weighted by Gasteiger charge is -2.34. The van der Waals surface area contributed by atoms with Crippen LogP contribution >= 0.6 is 11.3 Å². The van der Waals surface area contributed by atoms with Crippen molar-refractivity contribution in [3.63, 3.8) is 0 Å². The second kappa shape index (κ2) is 10.8. The normalized spacial score (nSPS) is 17.0. The summed E-state index contributed by atoms with van der Waals surface area (Å²) in [5.74, 6) is 0.0709. The zero-order chi connectivity index (χ0) is 25.0. The smallest absolute Gasteiger partial charge is 0.435 e. The first-order valence-electron chi connectivity index (χ1n) is 11.7. The summed E-state index contributed by atoms with van der Waals surface area (Å²) in [7, 11) is 0. The first kappa shape index (κ1) is 25.2. The number of hydrogen-bond acceptors (Lipinski definition) is 8. The van der Waals surface area contributed by atoms with Crippen LogP contribution < -0.4 is 9.80 Å². The summed E-state index contributed by atoms with van der Waals surface area (Å²) in [6.45, 7) is 5.56. The quantitative estimate of drug-likeness (QED) is 0.537. The van der Waals surface area contributed by atoms with Crippen molar-refractivity contribution in [1.29, 1.82) is 0 Å². The molecule has 190 valence electrons. The van der Waals surface area contributed by atoms with Gasteiger partial charge in [0.05, 0.1) is 6.61 Å². The van der Waals surface area contributed by atoms with Crippen molar-refractivity contribution in [3.05, 3.63) is 34.5 Å². The van der Waals surface area contributed by atoms with Gasteiger partial charge in [-0.05, 0) is 37.8 Å². The number of hydrogen-bond donors (Lipinski definition) is 0. The Balaban J connectivity index is 1.41. The lowest BCUT2D eigenvalue weighted by molar-refractivity contribution is -0.141. The number of nitrogens with zero attached hydrogens (tertiary/aromatic N) is 5. The number of thiazole rings is 1. The van der Waals surface area contributed by atoms with Gasteiger partial charge in [0, 0.05) is 51.9 Å². The lowest BCUT2D eigenvalue weighted by atomic mass is 10.1. The number of rotatable bonds is 6. The topological polar surface area (TPSA) is 78.9 Å². The van der Waals surface area contributed by atoms with Gasteiger partial charge in [0.15, 0.2) is 16.6 Å². The molecule has 1 amide bonds. The van der Waals surface area contributed by atoms with Gasteiger partial charge < -0.3 is 19.4 Å². The number of piperazine rings is 1. The van der Waals surface area contributed by atoms with Crippen LogP contribution in [-0.2, 0) is 17.3 Å². The molecule has 0 saturated carbocycles. The van der Waals surface area contributed by atoms with Gasteiger partial charge in [-0.25, -0.2) is 14.8 Å². The highest BCUT2D eigenvalue weighted by Gasteiger charge is 2.40. The molecule has 0 spiro atoms. The highest BCUT2D eigenvalue weighted by Crippen LogP contribution is 2.38. The second-order valence-corrected chi connectivity index (χ2v) is 9.49. The van der Waals surface area contributed by atoms with Crippen molar-refractivity contribution >= 4 is 34.2 Å². The Kier molecular flexibility index (Phi) is 7.78. The van der Waals surface area contributed by atoms with Crippen LogP contribution in [0.3, 0.4) is 0 Å². The minimum atomic E-state index is -4.69. The number of pyridine rings is 1. The summed E-state index contributed by atoms with van der Waals surface area (Å²) in [6, 6.07) is 3.46. The van der Waals surface area contributed by atoms with Gasteiger partial charge in [-0.2, -0.15) is 13.2 Å². The van der Waals surface area contributed by atoms with Gasteiger partial charge >= 0.3 is 12.3 Å². The predicted octanol–water partition coefficient (Wildman–Crippen LogP) is 4.25. The molecule has 4 rings (SSSR count). The predicted molar refractivity (Wildman–Crippen MR) is 126 cm³/mol. The lowest BCUT2D eigenvalue weighted by Crippen LogP contribution is -2.49. The summed E-state index contributed by atoms with van der Waals surface area (Å²) in [5, 5.41) is 0.260. The molecule has 0 aliphatic carbocycles. The fourth-order valence-electron chi connectivity index (χ4n) is 4.22. The number of aromatic nitrogens is 2. The van der Waals surface area contributed by atoms with Crippen LogP contribution in [0.15, 0.2) is 18.3 Å². The van der Waals surface area contributed by atoms with Gasteiger partial charge in [0.25, 0.3) is 0 Å². The Hall–Kier alpha value is -2.89. The Morgan fingerprint density at radius 2 is 1.74 bits per heavy atom. The fourth-order valence-corrected chi connectivity index (χ4v) is 5.29. The molecule has 0 unspecified atom stereocenters. The highest BCUT2D eigenvalue weighted by atomic mass is 32.1. The number of piperidine rings is 1. The van der Waals surface area contributed by atoms with Gasteiger partial charge in [-0.3, -0.25) is 4.79 Å². The molecule has 8 nitrogen and oxygen atoms in total. The molecule has 2 aromatic heterocycles. The zero-order valence-corrected chi connectivity index (χ0v) is 20.3. The minimum Gasteiger partial charge on any atom is -0.450 e. The molecule has 2 saturated heterocycles. The molecule has 4 heterocycles. The third kappa shape index (κ3) is 6.03. The Morgan fingerprint density at radius 1 is 1.03 bits per heavy atom. The van der Waals surface area contributed by atoms with E-state index in [9.17, 15) is 22.8 Å². The fraction of sp³-hybridized carbons (Fsp3) is 0.565. The molecule has 0 N–H and O–H groups in total. The minimum absolute atomic E-state index is 0.186. The van der Waals surface area contributed by atoms with Crippen LogP contribution in [0.25, 0.3) is 0 Å². The van der Waals surface area contributed by atoms with E-state index < -0.39 is 17.7 Å². The van der Waals surface area contributed by atoms with E-state index in [1.807, 2.05) is 9.80 Å². The molecule has 2 aromatic rings. The average Bonchev–Trinajstić information content (AvgIpc) is 3.32. The molecule has 0 atom stereocenters. The second-order valence-electron chi connectivity index (χ2n) is 8.52. The maximum Gasteiger partial charge on any atom is 0.435 e.